The molecule has 2 N–H and O–H groups in total. The first-order valence-electron chi connectivity index (χ1n) is 7.66. The number of piperidine rings is 1. The SMILES string of the molecule is CNc1nc(NCC2CCCCN2C)c2ccccc2n1. The second kappa shape index (κ2) is 6.26. The highest BCUT2D eigenvalue weighted by molar-refractivity contribution is 5.89. The number of rotatable bonds is 4. The van der Waals surface area contributed by atoms with Gasteiger partial charge in [-0.1, -0.05) is 18.6 Å². The van der Waals surface area contributed by atoms with Gasteiger partial charge >= 0.3 is 0 Å². The molecule has 1 aliphatic heterocycles. The summed E-state index contributed by atoms with van der Waals surface area (Å²) in [4.78, 5) is 11.5. The van der Waals surface area contributed by atoms with Crippen molar-refractivity contribution in [3.05, 3.63) is 24.3 Å². The van der Waals surface area contributed by atoms with Crippen LogP contribution in [-0.4, -0.2) is 48.1 Å². The van der Waals surface area contributed by atoms with Gasteiger partial charge in [-0.25, -0.2) is 4.98 Å². The van der Waals surface area contributed by atoms with Gasteiger partial charge in [0.25, 0.3) is 0 Å². The number of likely N-dealkylation sites (tertiary alicyclic amines) is 1. The Hall–Kier alpha value is -1.88. The van der Waals surface area contributed by atoms with E-state index in [0.717, 1.165) is 23.3 Å². The number of hydrogen-bond donors (Lipinski definition) is 2. The van der Waals surface area contributed by atoms with Gasteiger partial charge in [-0.3, -0.25) is 0 Å². The van der Waals surface area contributed by atoms with E-state index >= 15 is 0 Å². The molecule has 1 fully saturated rings. The first kappa shape index (κ1) is 14.1. The summed E-state index contributed by atoms with van der Waals surface area (Å²) in [5.74, 6) is 1.58. The maximum atomic E-state index is 4.58. The summed E-state index contributed by atoms with van der Waals surface area (Å²) in [6, 6.07) is 8.72. The number of fused-ring (bicyclic) bond motifs is 1. The van der Waals surface area contributed by atoms with Crippen molar-refractivity contribution in [1.29, 1.82) is 0 Å². The van der Waals surface area contributed by atoms with E-state index in [0.29, 0.717) is 12.0 Å². The van der Waals surface area contributed by atoms with Crippen LogP contribution < -0.4 is 10.6 Å². The van der Waals surface area contributed by atoms with E-state index in [2.05, 4.69) is 38.6 Å². The average Bonchev–Trinajstić information content (AvgIpc) is 2.53. The van der Waals surface area contributed by atoms with Gasteiger partial charge in [-0.2, -0.15) is 4.98 Å². The molecule has 1 saturated heterocycles. The molecule has 1 unspecified atom stereocenters. The summed E-state index contributed by atoms with van der Waals surface area (Å²) in [5, 5.41) is 7.64. The summed E-state index contributed by atoms with van der Waals surface area (Å²) in [5.41, 5.74) is 0.969. The fraction of sp³-hybridized carbons (Fsp3) is 0.500. The summed E-state index contributed by atoms with van der Waals surface area (Å²) < 4.78 is 0. The molecule has 0 radical (unpaired) electrons. The molecule has 3 rings (SSSR count). The Balaban J connectivity index is 1.82. The Kier molecular flexibility index (Phi) is 4.20. The molecule has 2 heterocycles. The largest absolute Gasteiger partial charge is 0.368 e. The van der Waals surface area contributed by atoms with Gasteiger partial charge < -0.3 is 15.5 Å². The van der Waals surface area contributed by atoms with E-state index in [1.807, 2.05) is 25.2 Å². The quantitative estimate of drug-likeness (QED) is 0.904. The first-order chi connectivity index (χ1) is 10.3. The molecule has 1 aliphatic rings. The highest BCUT2D eigenvalue weighted by Crippen LogP contribution is 2.22. The standard InChI is InChI=1S/C16H23N5/c1-17-16-19-14-9-4-3-8-13(14)15(20-16)18-11-12-7-5-6-10-21(12)2/h3-4,8-9,12H,5-7,10-11H2,1-2H3,(H2,17,18,19,20). The molecule has 5 nitrogen and oxygen atoms in total. The maximum absolute atomic E-state index is 4.58. The van der Waals surface area contributed by atoms with E-state index in [9.17, 15) is 0 Å². The van der Waals surface area contributed by atoms with E-state index < -0.39 is 0 Å². The second-order valence-corrected chi connectivity index (χ2v) is 5.67. The summed E-state index contributed by atoms with van der Waals surface area (Å²) >= 11 is 0. The number of benzene rings is 1. The third-order valence-corrected chi connectivity index (χ3v) is 4.25. The van der Waals surface area contributed by atoms with E-state index in [-0.39, 0.29) is 0 Å². The molecular weight excluding hydrogens is 262 g/mol. The Bertz CT molecular complexity index is 613. The third-order valence-electron chi connectivity index (χ3n) is 4.25. The van der Waals surface area contributed by atoms with Crippen LogP contribution in [0.25, 0.3) is 10.9 Å². The molecule has 112 valence electrons. The van der Waals surface area contributed by atoms with Crippen molar-refractivity contribution in [2.24, 2.45) is 0 Å². The van der Waals surface area contributed by atoms with Crippen molar-refractivity contribution in [2.45, 2.75) is 25.3 Å². The second-order valence-electron chi connectivity index (χ2n) is 5.67. The zero-order chi connectivity index (χ0) is 14.7. The van der Waals surface area contributed by atoms with Crippen molar-refractivity contribution < 1.29 is 0 Å². The van der Waals surface area contributed by atoms with Crippen LogP contribution in [0.15, 0.2) is 24.3 Å². The zero-order valence-corrected chi connectivity index (χ0v) is 12.8. The van der Waals surface area contributed by atoms with Crippen LogP contribution in [0.4, 0.5) is 11.8 Å². The van der Waals surface area contributed by atoms with E-state index in [1.165, 1.54) is 25.8 Å². The molecule has 5 heteroatoms. The molecule has 0 amide bonds. The van der Waals surface area contributed by atoms with Crippen LogP contribution >= 0.6 is 0 Å². The minimum absolute atomic E-state index is 0.588. The van der Waals surface area contributed by atoms with Crippen LogP contribution in [0.1, 0.15) is 19.3 Å². The van der Waals surface area contributed by atoms with Gasteiger partial charge in [0.1, 0.15) is 5.82 Å². The van der Waals surface area contributed by atoms with Gasteiger partial charge in [-0.15, -0.1) is 0 Å². The molecule has 0 bridgehead atoms. The van der Waals surface area contributed by atoms with Crippen LogP contribution in [0, 0.1) is 0 Å². The van der Waals surface area contributed by atoms with Crippen molar-refractivity contribution >= 4 is 22.7 Å². The molecular formula is C16H23N5. The maximum Gasteiger partial charge on any atom is 0.224 e. The van der Waals surface area contributed by atoms with Crippen molar-refractivity contribution in [3.8, 4) is 0 Å². The smallest absolute Gasteiger partial charge is 0.224 e. The third kappa shape index (κ3) is 3.08. The van der Waals surface area contributed by atoms with Crippen molar-refractivity contribution in [1.82, 2.24) is 14.9 Å². The molecule has 0 spiro atoms. The molecule has 1 aromatic carbocycles. The lowest BCUT2D eigenvalue weighted by molar-refractivity contribution is 0.194. The summed E-state index contributed by atoms with van der Waals surface area (Å²) in [6.07, 6.45) is 3.89. The average molecular weight is 285 g/mol. The monoisotopic (exact) mass is 285 g/mol. The number of nitrogens with zero attached hydrogens (tertiary/aromatic N) is 3. The molecule has 0 aliphatic carbocycles. The fourth-order valence-corrected chi connectivity index (χ4v) is 2.94. The highest BCUT2D eigenvalue weighted by Gasteiger charge is 2.19. The minimum Gasteiger partial charge on any atom is -0.368 e. The number of anilines is 2. The lowest BCUT2D eigenvalue weighted by atomic mass is 10.0. The Morgan fingerprint density at radius 3 is 2.90 bits per heavy atom. The Morgan fingerprint density at radius 1 is 1.24 bits per heavy atom. The van der Waals surface area contributed by atoms with Crippen molar-refractivity contribution in [2.75, 3.05) is 37.8 Å². The van der Waals surface area contributed by atoms with Gasteiger partial charge in [0.2, 0.25) is 5.95 Å². The predicted octanol–water partition coefficient (Wildman–Crippen LogP) is 2.57. The van der Waals surface area contributed by atoms with Crippen LogP contribution in [-0.2, 0) is 0 Å². The van der Waals surface area contributed by atoms with Crippen LogP contribution in [0.2, 0.25) is 0 Å². The zero-order valence-electron chi connectivity index (χ0n) is 12.8. The lowest BCUT2D eigenvalue weighted by Crippen LogP contribution is -2.40. The lowest BCUT2D eigenvalue weighted by Gasteiger charge is -2.32. The first-order valence-corrected chi connectivity index (χ1v) is 7.66. The summed E-state index contributed by atoms with van der Waals surface area (Å²) in [6.45, 7) is 2.12. The fourth-order valence-electron chi connectivity index (χ4n) is 2.94. The van der Waals surface area contributed by atoms with E-state index in [4.69, 9.17) is 0 Å². The topological polar surface area (TPSA) is 53.1 Å². The Labute approximate surface area is 125 Å². The number of para-hydroxylation sites is 1. The van der Waals surface area contributed by atoms with Crippen molar-refractivity contribution in [3.63, 3.8) is 0 Å². The van der Waals surface area contributed by atoms with Gasteiger partial charge in [0.05, 0.1) is 5.52 Å². The molecule has 21 heavy (non-hydrogen) atoms. The molecule has 1 aromatic heterocycles. The number of likely N-dealkylation sites (N-methyl/N-ethyl adjacent to an activating group) is 1. The van der Waals surface area contributed by atoms with Crippen LogP contribution in [0.3, 0.4) is 0 Å². The summed E-state index contributed by atoms with van der Waals surface area (Å²) in [7, 11) is 4.06. The van der Waals surface area contributed by atoms with Crippen LogP contribution in [0.5, 0.6) is 0 Å². The minimum atomic E-state index is 0.588. The predicted molar refractivity (Wildman–Crippen MR) is 87.8 cm³/mol. The van der Waals surface area contributed by atoms with Gasteiger partial charge in [-0.05, 0) is 38.6 Å². The Morgan fingerprint density at radius 2 is 2.10 bits per heavy atom. The number of nitrogens with one attached hydrogen (secondary N) is 2. The molecule has 2 aromatic rings. The van der Waals surface area contributed by atoms with Gasteiger partial charge in [0, 0.05) is 25.0 Å². The number of hydrogen-bond acceptors (Lipinski definition) is 5. The highest BCUT2D eigenvalue weighted by atomic mass is 15.2. The molecule has 1 atom stereocenters. The van der Waals surface area contributed by atoms with E-state index in [1.54, 1.807) is 0 Å². The normalized spacial score (nSPS) is 19.6. The number of aromatic nitrogens is 2. The molecule has 0 saturated carbocycles. The van der Waals surface area contributed by atoms with Gasteiger partial charge in [0.15, 0.2) is 0 Å².